The molecule has 1 fully saturated rings. The maximum absolute atomic E-state index is 12.6. The summed E-state index contributed by atoms with van der Waals surface area (Å²) in [5.74, 6) is -0.382. The average molecular weight is 339 g/mol. The van der Waals surface area contributed by atoms with E-state index >= 15 is 0 Å². The molecular weight excluding hydrogens is 318 g/mol. The first-order valence-corrected chi connectivity index (χ1v) is 8.25. The Morgan fingerprint density at radius 3 is 2.60 bits per heavy atom. The van der Waals surface area contributed by atoms with Crippen LogP contribution in [0.2, 0.25) is 0 Å². The Labute approximate surface area is 146 Å². The second-order valence-corrected chi connectivity index (χ2v) is 6.03. The first-order valence-electron chi connectivity index (χ1n) is 8.25. The largest absolute Gasteiger partial charge is 0.345 e. The molecule has 0 unspecified atom stereocenters. The van der Waals surface area contributed by atoms with Gasteiger partial charge in [0.05, 0.1) is 12.2 Å². The van der Waals surface area contributed by atoms with Crippen LogP contribution in [0, 0.1) is 0 Å². The smallest absolute Gasteiger partial charge is 0.270 e. The van der Waals surface area contributed by atoms with Crippen LogP contribution in [0.15, 0.2) is 42.7 Å². The standard InChI is InChI=1S/C18H21N5O2/c1-22-8-10-23(11-9-22)18(25)14-5-7-20-16(12-14)17(24)21-13-15-4-2-3-6-19-15/h2-7,12H,8-11,13H2,1H3,(H,21,24). The molecule has 0 aromatic carbocycles. The molecule has 1 aliphatic rings. The Morgan fingerprint density at radius 1 is 1.08 bits per heavy atom. The minimum Gasteiger partial charge on any atom is -0.345 e. The summed E-state index contributed by atoms with van der Waals surface area (Å²) in [5.41, 5.74) is 1.49. The van der Waals surface area contributed by atoms with Gasteiger partial charge in [0.25, 0.3) is 11.8 Å². The Kier molecular flexibility index (Phi) is 5.35. The van der Waals surface area contributed by atoms with Crippen LogP contribution >= 0.6 is 0 Å². The first kappa shape index (κ1) is 17.0. The number of likely N-dealkylation sites (N-methyl/N-ethyl adjacent to an activating group) is 1. The number of hydrogen-bond acceptors (Lipinski definition) is 5. The van der Waals surface area contributed by atoms with Crippen molar-refractivity contribution in [1.82, 2.24) is 25.1 Å². The van der Waals surface area contributed by atoms with Crippen molar-refractivity contribution in [2.24, 2.45) is 0 Å². The van der Waals surface area contributed by atoms with Gasteiger partial charge in [0.1, 0.15) is 5.69 Å². The van der Waals surface area contributed by atoms with Crippen LogP contribution in [0.1, 0.15) is 26.5 Å². The normalized spacial score (nSPS) is 15.0. The number of carbonyl (C=O) groups is 2. The molecule has 2 aromatic heterocycles. The van der Waals surface area contributed by atoms with Crippen LogP contribution in [-0.2, 0) is 6.54 Å². The molecule has 0 spiro atoms. The van der Waals surface area contributed by atoms with Crippen LogP contribution < -0.4 is 5.32 Å². The molecule has 0 aliphatic carbocycles. The summed E-state index contributed by atoms with van der Waals surface area (Å²) in [6, 6.07) is 8.72. The fourth-order valence-corrected chi connectivity index (χ4v) is 2.64. The summed E-state index contributed by atoms with van der Waals surface area (Å²) in [6.07, 6.45) is 3.17. The third-order valence-electron chi connectivity index (χ3n) is 4.19. The van der Waals surface area contributed by atoms with Gasteiger partial charge in [0.2, 0.25) is 0 Å². The van der Waals surface area contributed by atoms with E-state index < -0.39 is 0 Å². The lowest BCUT2D eigenvalue weighted by atomic mass is 10.1. The number of hydrogen-bond donors (Lipinski definition) is 1. The lowest BCUT2D eigenvalue weighted by Gasteiger charge is -2.32. The number of nitrogens with zero attached hydrogens (tertiary/aromatic N) is 4. The van der Waals surface area contributed by atoms with Gasteiger partial charge in [-0.15, -0.1) is 0 Å². The van der Waals surface area contributed by atoms with E-state index in [2.05, 4.69) is 20.2 Å². The van der Waals surface area contributed by atoms with Crippen LogP contribution in [0.25, 0.3) is 0 Å². The summed E-state index contributed by atoms with van der Waals surface area (Å²) >= 11 is 0. The van der Waals surface area contributed by atoms with Crippen molar-refractivity contribution in [3.63, 3.8) is 0 Å². The summed E-state index contributed by atoms with van der Waals surface area (Å²) in [5, 5.41) is 2.77. The van der Waals surface area contributed by atoms with E-state index in [0.717, 1.165) is 18.8 Å². The zero-order chi connectivity index (χ0) is 17.6. The lowest BCUT2D eigenvalue weighted by Crippen LogP contribution is -2.47. The molecule has 25 heavy (non-hydrogen) atoms. The highest BCUT2D eigenvalue weighted by molar-refractivity contribution is 5.98. The summed E-state index contributed by atoms with van der Waals surface area (Å²) < 4.78 is 0. The van der Waals surface area contributed by atoms with E-state index in [4.69, 9.17) is 0 Å². The molecular formula is C18H21N5O2. The highest BCUT2D eigenvalue weighted by Crippen LogP contribution is 2.09. The van der Waals surface area contributed by atoms with Crippen LogP contribution in [-0.4, -0.2) is 64.8 Å². The van der Waals surface area contributed by atoms with Gasteiger partial charge in [-0.25, -0.2) is 0 Å². The van der Waals surface area contributed by atoms with Crippen molar-refractivity contribution in [2.45, 2.75) is 6.54 Å². The number of rotatable bonds is 4. The topological polar surface area (TPSA) is 78.4 Å². The molecule has 0 saturated carbocycles. The van der Waals surface area contributed by atoms with E-state index in [1.807, 2.05) is 30.1 Å². The number of aromatic nitrogens is 2. The number of amides is 2. The number of piperazine rings is 1. The molecule has 1 aliphatic heterocycles. The van der Waals surface area contributed by atoms with Crippen molar-refractivity contribution in [2.75, 3.05) is 33.2 Å². The van der Waals surface area contributed by atoms with Gasteiger partial charge in [-0.05, 0) is 31.3 Å². The maximum atomic E-state index is 12.6. The monoisotopic (exact) mass is 339 g/mol. The third kappa shape index (κ3) is 4.39. The Bertz CT molecular complexity index is 742. The predicted molar refractivity (Wildman–Crippen MR) is 93.0 cm³/mol. The van der Waals surface area contributed by atoms with Crippen molar-refractivity contribution >= 4 is 11.8 Å². The molecule has 7 nitrogen and oxygen atoms in total. The van der Waals surface area contributed by atoms with E-state index in [0.29, 0.717) is 25.2 Å². The second-order valence-electron chi connectivity index (χ2n) is 6.03. The lowest BCUT2D eigenvalue weighted by molar-refractivity contribution is 0.0664. The third-order valence-corrected chi connectivity index (χ3v) is 4.19. The second kappa shape index (κ2) is 7.85. The molecule has 1 N–H and O–H groups in total. The van der Waals surface area contributed by atoms with Crippen LogP contribution in [0.5, 0.6) is 0 Å². The van der Waals surface area contributed by atoms with Crippen molar-refractivity contribution in [1.29, 1.82) is 0 Å². The van der Waals surface area contributed by atoms with Gasteiger partial charge < -0.3 is 15.1 Å². The summed E-state index contributed by atoms with van der Waals surface area (Å²) in [6.45, 7) is 3.41. The van der Waals surface area contributed by atoms with E-state index in [1.165, 1.54) is 6.20 Å². The number of carbonyl (C=O) groups excluding carboxylic acids is 2. The molecule has 1 saturated heterocycles. The van der Waals surface area contributed by atoms with E-state index in [-0.39, 0.29) is 17.5 Å². The Balaban J connectivity index is 1.64. The summed E-state index contributed by atoms with van der Waals surface area (Å²) in [7, 11) is 2.04. The highest BCUT2D eigenvalue weighted by Gasteiger charge is 2.21. The zero-order valence-electron chi connectivity index (χ0n) is 14.2. The SMILES string of the molecule is CN1CCN(C(=O)c2ccnc(C(=O)NCc3ccccn3)c2)CC1. The van der Waals surface area contributed by atoms with Crippen LogP contribution in [0.3, 0.4) is 0 Å². The van der Waals surface area contributed by atoms with Crippen molar-refractivity contribution in [3.05, 3.63) is 59.7 Å². The predicted octanol–water partition coefficient (Wildman–Crippen LogP) is 0.794. The van der Waals surface area contributed by atoms with Gasteiger partial charge in [-0.2, -0.15) is 0 Å². The summed E-state index contributed by atoms with van der Waals surface area (Å²) in [4.78, 5) is 37.1. The van der Waals surface area contributed by atoms with Crippen molar-refractivity contribution < 1.29 is 9.59 Å². The number of pyridine rings is 2. The average Bonchev–Trinajstić information content (AvgIpc) is 2.67. The van der Waals surface area contributed by atoms with E-state index in [1.54, 1.807) is 18.3 Å². The molecule has 7 heteroatoms. The minimum atomic E-state index is -0.321. The molecule has 3 heterocycles. The highest BCUT2D eigenvalue weighted by atomic mass is 16.2. The fraction of sp³-hybridized carbons (Fsp3) is 0.333. The number of nitrogens with one attached hydrogen (secondary N) is 1. The molecule has 0 atom stereocenters. The molecule has 3 rings (SSSR count). The Morgan fingerprint density at radius 2 is 1.88 bits per heavy atom. The van der Waals surface area contributed by atoms with Gasteiger partial charge in [-0.1, -0.05) is 6.07 Å². The molecule has 0 bridgehead atoms. The molecule has 130 valence electrons. The fourth-order valence-electron chi connectivity index (χ4n) is 2.64. The minimum absolute atomic E-state index is 0.0609. The maximum Gasteiger partial charge on any atom is 0.270 e. The molecule has 2 amide bonds. The van der Waals surface area contributed by atoms with Gasteiger partial charge >= 0.3 is 0 Å². The van der Waals surface area contributed by atoms with Crippen LogP contribution in [0.4, 0.5) is 0 Å². The zero-order valence-corrected chi connectivity index (χ0v) is 14.2. The molecule has 0 radical (unpaired) electrons. The van der Waals surface area contributed by atoms with E-state index in [9.17, 15) is 9.59 Å². The van der Waals surface area contributed by atoms with Gasteiger partial charge in [-0.3, -0.25) is 19.6 Å². The molecule has 2 aromatic rings. The first-order chi connectivity index (χ1) is 12.1. The van der Waals surface area contributed by atoms with Gasteiger partial charge in [0.15, 0.2) is 0 Å². The van der Waals surface area contributed by atoms with Gasteiger partial charge in [0, 0.05) is 44.1 Å². The van der Waals surface area contributed by atoms with Crippen molar-refractivity contribution in [3.8, 4) is 0 Å². The quantitative estimate of drug-likeness (QED) is 0.891. The Hall–Kier alpha value is -2.80.